The highest BCUT2D eigenvalue weighted by molar-refractivity contribution is 5.87. The standard InChI is InChI=1S/C23H24N6O2/c30-20(14-19-25-21(27-26-19)17-6-2-1-3-7-17)29-13-10-23(16-29)9-12-28(22(23)31)15-18-8-4-5-11-24-18/h1-8,11H,9-10,12-16H2,(H,25,26,27). The number of amides is 2. The highest BCUT2D eigenvalue weighted by atomic mass is 16.2. The fraction of sp³-hybridized carbons (Fsp3) is 0.348. The molecule has 0 radical (unpaired) electrons. The molecule has 2 amide bonds. The Hall–Kier alpha value is -3.55. The summed E-state index contributed by atoms with van der Waals surface area (Å²) in [5.74, 6) is 1.24. The van der Waals surface area contributed by atoms with Crippen molar-refractivity contribution >= 4 is 11.8 Å². The minimum Gasteiger partial charge on any atom is -0.341 e. The maximum absolute atomic E-state index is 13.2. The maximum Gasteiger partial charge on any atom is 0.231 e. The molecule has 8 heteroatoms. The lowest BCUT2D eigenvalue weighted by atomic mass is 9.85. The molecule has 2 aromatic heterocycles. The second-order valence-electron chi connectivity index (χ2n) is 8.29. The molecule has 0 aliphatic carbocycles. The van der Waals surface area contributed by atoms with Gasteiger partial charge in [0.15, 0.2) is 5.82 Å². The second kappa shape index (κ2) is 7.94. The van der Waals surface area contributed by atoms with E-state index in [1.807, 2.05) is 53.4 Å². The van der Waals surface area contributed by atoms with Crippen LogP contribution in [0.4, 0.5) is 0 Å². The van der Waals surface area contributed by atoms with Crippen LogP contribution in [0.25, 0.3) is 11.4 Å². The van der Waals surface area contributed by atoms with Gasteiger partial charge >= 0.3 is 0 Å². The van der Waals surface area contributed by atoms with E-state index in [9.17, 15) is 9.59 Å². The molecule has 158 valence electrons. The van der Waals surface area contributed by atoms with Gasteiger partial charge in [0.1, 0.15) is 5.82 Å². The second-order valence-corrected chi connectivity index (χ2v) is 8.29. The Morgan fingerprint density at radius 1 is 1.06 bits per heavy atom. The number of pyridine rings is 1. The molecule has 2 aliphatic heterocycles. The first kappa shape index (κ1) is 19.4. The SMILES string of the molecule is O=C(Cc1nc(-c2ccccc2)n[nH]1)N1CCC2(CCN(Cc3ccccn3)C2=O)C1. The Balaban J connectivity index is 1.21. The summed E-state index contributed by atoms with van der Waals surface area (Å²) in [7, 11) is 0. The lowest BCUT2D eigenvalue weighted by Crippen LogP contribution is -2.38. The molecule has 1 N–H and O–H groups in total. The van der Waals surface area contributed by atoms with E-state index in [0.717, 1.165) is 17.7 Å². The number of rotatable bonds is 5. The van der Waals surface area contributed by atoms with Crippen molar-refractivity contribution in [2.75, 3.05) is 19.6 Å². The number of H-pyrrole nitrogens is 1. The minimum absolute atomic E-state index is 0.0244. The lowest BCUT2D eigenvalue weighted by Gasteiger charge is -2.23. The van der Waals surface area contributed by atoms with Gasteiger partial charge in [-0.1, -0.05) is 36.4 Å². The van der Waals surface area contributed by atoms with Gasteiger partial charge in [-0.2, -0.15) is 5.10 Å². The molecule has 5 rings (SSSR count). The van der Waals surface area contributed by atoms with Crippen molar-refractivity contribution in [2.24, 2.45) is 5.41 Å². The van der Waals surface area contributed by atoms with Crippen molar-refractivity contribution < 1.29 is 9.59 Å². The van der Waals surface area contributed by atoms with E-state index in [4.69, 9.17) is 0 Å². The summed E-state index contributed by atoms with van der Waals surface area (Å²) in [5.41, 5.74) is 1.33. The molecule has 31 heavy (non-hydrogen) atoms. The Labute approximate surface area is 180 Å². The van der Waals surface area contributed by atoms with Crippen molar-refractivity contribution in [1.82, 2.24) is 30.0 Å². The number of nitrogens with zero attached hydrogens (tertiary/aromatic N) is 5. The summed E-state index contributed by atoms with van der Waals surface area (Å²) in [6, 6.07) is 15.4. The zero-order valence-corrected chi connectivity index (χ0v) is 17.2. The number of nitrogens with one attached hydrogen (secondary N) is 1. The molecule has 0 saturated carbocycles. The zero-order chi connectivity index (χ0) is 21.3. The zero-order valence-electron chi connectivity index (χ0n) is 17.2. The van der Waals surface area contributed by atoms with Gasteiger partial charge < -0.3 is 9.80 Å². The molecule has 3 aromatic rings. The molecule has 1 unspecified atom stereocenters. The third-order valence-electron chi connectivity index (χ3n) is 6.27. The molecule has 2 saturated heterocycles. The number of hydrogen-bond donors (Lipinski definition) is 1. The molecule has 1 aromatic carbocycles. The van der Waals surface area contributed by atoms with Crippen molar-refractivity contribution in [3.8, 4) is 11.4 Å². The van der Waals surface area contributed by atoms with Gasteiger partial charge in [0.2, 0.25) is 11.8 Å². The van der Waals surface area contributed by atoms with Crippen molar-refractivity contribution in [1.29, 1.82) is 0 Å². The quantitative estimate of drug-likeness (QED) is 0.687. The largest absolute Gasteiger partial charge is 0.341 e. The molecule has 0 bridgehead atoms. The fourth-order valence-electron chi connectivity index (χ4n) is 4.54. The Kier molecular flexibility index (Phi) is 4.97. The van der Waals surface area contributed by atoms with Crippen LogP contribution in [-0.2, 0) is 22.6 Å². The summed E-state index contributed by atoms with van der Waals surface area (Å²) in [6.45, 7) is 2.31. The number of aromatic amines is 1. The summed E-state index contributed by atoms with van der Waals surface area (Å²) in [6.07, 6.45) is 3.39. The Morgan fingerprint density at radius 3 is 2.68 bits per heavy atom. The van der Waals surface area contributed by atoms with Crippen LogP contribution in [0.15, 0.2) is 54.7 Å². The van der Waals surface area contributed by atoms with Crippen LogP contribution in [0.1, 0.15) is 24.4 Å². The van der Waals surface area contributed by atoms with E-state index >= 15 is 0 Å². The number of hydrogen-bond acceptors (Lipinski definition) is 5. The molecule has 1 spiro atoms. The first-order valence-corrected chi connectivity index (χ1v) is 10.6. The van der Waals surface area contributed by atoms with E-state index in [1.165, 1.54) is 0 Å². The van der Waals surface area contributed by atoms with Crippen LogP contribution >= 0.6 is 0 Å². The topological polar surface area (TPSA) is 95.1 Å². The minimum atomic E-state index is -0.457. The van der Waals surface area contributed by atoms with Gasteiger partial charge in [-0.25, -0.2) is 4.98 Å². The average molecular weight is 416 g/mol. The van der Waals surface area contributed by atoms with Gasteiger partial charge in [-0.15, -0.1) is 0 Å². The summed E-state index contributed by atoms with van der Waals surface area (Å²) in [5, 5.41) is 7.10. The first-order valence-electron chi connectivity index (χ1n) is 10.6. The molecule has 1 atom stereocenters. The van der Waals surface area contributed by atoms with Crippen LogP contribution in [0, 0.1) is 5.41 Å². The van der Waals surface area contributed by atoms with Crippen LogP contribution in [0.3, 0.4) is 0 Å². The summed E-state index contributed by atoms with van der Waals surface area (Å²) in [4.78, 5) is 38.5. The van der Waals surface area contributed by atoms with E-state index < -0.39 is 5.41 Å². The normalized spacial score (nSPS) is 20.7. The highest BCUT2D eigenvalue weighted by Crippen LogP contribution is 2.41. The predicted molar refractivity (Wildman–Crippen MR) is 113 cm³/mol. The third-order valence-corrected chi connectivity index (χ3v) is 6.27. The summed E-state index contributed by atoms with van der Waals surface area (Å²) >= 11 is 0. The Morgan fingerprint density at radius 2 is 1.87 bits per heavy atom. The number of carbonyl (C=O) groups excluding carboxylic acids is 2. The van der Waals surface area contributed by atoms with Gasteiger partial charge in [0.05, 0.1) is 24.1 Å². The van der Waals surface area contributed by atoms with E-state index in [1.54, 1.807) is 11.1 Å². The lowest BCUT2D eigenvalue weighted by molar-refractivity contribution is -0.136. The van der Waals surface area contributed by atoms with Gasteiger partial charge in [0.25, 0.3) is 0 Å². The van der Waals surface area contributed by atoms with Crippen LogP contribution in [0.2, 0.25) is 0 Å². The van der Waals surface area contributed by atoms with E-state index in [2.05, 4.69) is 20.2 Å². The fourth-order valence-corrected chi connectivity index (χ4v) is 4.54. The monoisotopic (exact) mass is 416 g/mol. The van der Waals surface area contributed by atoms with E-state index in [-0.39, 0.29) is 18.2 Å². The smallest absolute Gasteiger partial charge is 0.231 e. The number of carbonyl (C=O) groups is 2. The van der Waals surface area contributed by atoms with Crippen molar-refractivity contribution in [3.63, 3.8) is 0 Å². The van der Waals surface area contributed by atoms with Gasteiger partial charge in [-0.05, 0) is 25.0 Å². The average Bonchev–Trinajstić information content (AvgIpc) is 3.52. The number of aromatic nitrogens is 4. The predicted octanol–water partition coefficient (Wildman–Crippen LogP) is 2.06. The number of likely N-dealkylation sites (tertiary alicyclic amines) is 2. The van der Waals surface area contributed by atoms with E-state index in [0.29, 0.717) is 44.2 Å². The van der Waals surface area contributed by atoms with Crippen LogP contribution in [-0.4, -0.2) is 61.4 Å². The molecule has 4 heterocycles. The maximum atomic E-state index is 13.2. The summed E-state index contributed by atoms with van der Waals surface area (Å²) < 4.78 is 0. The molecular weight excluding hydrogens is 392 g/mol. The van der Waals surface area contributed by atoms with Crippen LogP contribution in [0.5, 0.6) is 0 Å². The Bertz CT molecular complexity index is 1080. The van der Waals surface area contributed by atoms with Crippen LogP contribution < -0.4 is 0 Å². The van der Waals surface area contributed by atoms with Crippen molar-refractivity contribution in [3.05, 3.63) is 66.2 Å². The third kappa shape index (κ3) is 3.81. The molecule has 2 aliphatic rings. The molecule has 2 fully saturated rings. The molecular formula is C23H24N6O2. The number of benzene rings is 1. The molecule has 8 nitrogen and oxygen atoms in total. The highest BCUT2D eigenvalue weighted by Gasteiger charge is 2.51. The van der Waals surface area contributed by atoms with Gasteiger partial charge in [0, 0.05) is 31.4 Å². The first-order chi connectivity index (χ1) is 15.1. The van der Waals surface area contributed by atoms with Crippen molar-refractivity contribution in [2.45, 2.75) is 25.8 Å². The van der Waals surface area contributed by atoms with Gasteiger partial charge in [-0.3, -0.25) is 19.7 Å².